The largest absolute Gasteiger partial charge is 0.452 e. The number of rotatable bonds is 3. The Morgan fingerprint density at radius 1 is 1.25 bits per heavy atom. The Kier molecular flexibility index (Phi) is 5.09. The third kappa shape index (κ3) is 3.62. The number of nitrogens with zero attached hydrogens (tertiary/aromatic N) is 1. The van der Waals surface area contributed by atoms with Crippen molar-refractivity contribution >= 4 is 40.9 Å². The van der Waals surface area contributed by atoms with Gasteiger partial charge in [-0.15, -0.1) is 11.8 Å². The second kappa shape index (κ2) is 7.67. The van der Waals surface area contributed by atoms with E-state index >= 15 is 0 Å². The average molecular weight is 396 g/mol. The van der Waals surface area contributed by atoms with E-state index < -0.39 is 5.97 Å². The van der Waals surface area contributed by atoms with Crippen LogP contribution in [0.2, 0.25) is 0 Å². The Labute approximate surface area is 167 Å². The third-order valence-corrected chi connectivity index (χ3v) is 6.06. The van der Waals surface area contributed by atoms with E-state index in [4.69, 9.17) is 4.74 Å². The van der Waals surface area contributed by atoms with E-state index in [1.807, 2.05) is 31.2 Å². The first kappa shape index (κ1) is 18.6. The summed E-state index contributed by atoms with van der Waals surface area (Å²) in [6, 6.07) is 12.8. The van der Waals surface area contributed by atoms with Gasteiger partial charge in [0.1, 0.15) is 0 Å². The molecule has 2 aliphatic rings. The molecule has 0 spiro atoms. The normalized spacial score (nSPS) is 18.0. The van der Waals surface area contributed by atoms with Gasteiger partial charge in [0.05, 0.1) is 16.5 Å². The van der Waals surface area contributed by atoms with Crippen molar-refractivity contribution in [2.24, 2.45) is 0 Å². The van der Waals surface area contributed by atoms with Crippen LogP contribution in [-0.2, 0) is 20.7 Å². The summed E-state index contributed by atoms with van der Waals surface area (Å²) in [4.78, 5) is 39.4. The van der Waals surface area contributed by atoms with Gasteiger partial charge < -0.3 is 15.0 Å². The molecule has 7 heteroatoms. The highest BCUT2D eigenvalue weighted by Crippen LogP contribution is 2.36. The minimum atomic E-state index is -0.584. The number of benzene rings is 2. The van der Waals surface area contributed by atoms with Crippen LogP contribution in [0.5, 0.6) is 0 Å². The zero-order chi connectivity index (χ0) is 19.7. The first-order valence-electron chi connectivity index (χ1n) is 9.20. The zero-order valence-electron chi connectivity index (χ0n) is 15.4. The molecule has 1 N–H and O–H groups in total. The molecule has 0 fully saturated rings. The number of hydrogen-bond acceptors (Lipinski definition) is 5. The highest BCUT2D eigenvalue weighted by molar-refractivity contribution is 8.00. The Morgan fingerprint density at radius 3 is 2.93 bits per heavy atom. The van der Waals surface area contributed by atoms with Gasteiger partial charge in [-0.05, 0) is 49.6 Å². The number of carbonyl (C=O) groups excluding carboxylic acids is 3. The molecule has 0 saturated heterocycles. The second-order valence-electron chi connectivity index (χ2n) is 6.81. The fourth-order valence-electron chi connectivity index (χ4n) is 3.42. The van der Waals surface area contributed by atoms with Crippen molar-refractivity contribution < 1.29 is 19.1 Å². The summed E-state index contributed by atoms with van der Waals surface area (Å²) in [5.74, 6) is -0.919. The van der Waals surface area contributed by atoms with Gasteiger partial charge in [0.15, 0.2) is 6.61 Å². The molecule has 2 aromatic carbocycles. The number of anilines is 2. The second-order valence-corrected chi connectivity index (χ2v) is 8.20. The summed E-state index contributed by atoms with van der Waals surface area (Å²) >= 11 is 1.45. The molecule has 2 aliphatic heterocycles. The van der Waals surface area contributed by atoms with Crippen LogP contribution in [0.15, 0.2) is 47.4 Å². The Balaban J connectivity index is 1.42. The van der Waals surface area contributed by atoms with E-state index in [0.717, 1.165) is 29.0 Å². The lowest BCUT2D eigenvalue weighted by Crippen LogP contribution is -2.38. The van der Waals surface area contributed by atoms with Crippen LogP contribution in [0.3, 0.4) is 0 Å². The van der Waals surface area contributed by atoms with Crippen LogP contribution in [0.1, 0.15) is 29.3 Å². The number of fused-ring (bicyclic) bond motifs is 2. The number of para-hydroxylation sites is 1. The molecule has 2 heterocycles. The molecule has 0 radical (unpaired) electrons. The standard InChI is InChI=1S/C21H20N2O4S/c1-13-20(25)22-16-11-15(8-9-18(16)28-13)21(26)27-12-19(24)23-10-4-6-14-5-2-3-7-17(14)23/h2-3,5,7-9,11,13H,4,6,10,12H2,1H3,(H,22,25). The number of nitrogens with one attached hydrogen (secondary N) is 1. The Morgan fingerprint density at radius 2 is 2.07 bits per heavy atom. The van der Waals surface area contributed by atoms with E-state index in [-0.39, 0.29) is 23.7 Å². The number of ether oxygens (including phenoxy) is 1. The molecule has 0 aliphatic carbocycles. The van der Waals surface area contributed by atoms with Crippen LogP contribution in [-0.4, -0.2) is 36.2 Å². The molecule has 28 heavy (non-hydrogen) atoms. The van der Waals surface area contributed by atoms with E-state index in [1.165, 1.54) is 11.8 Å². The first-order chi connectivity index (χ1) is 13.5. The Hall–Kier alpha value is -2.80. The summed E-state index contributed by atoms with van der Waals surface area (Å²) in [6.07, 6.45) is 1.83. The lowest BCUT2D eigenvalue weighted by atomic mass is 10.0. The minimum absolute atomic E-state index is 0.0954. The van der Waals surface area contributed by atoms with Gasteiger partial charge in [-0.3, -0.25) is 9.59 Å². The van der Waals surface area contributed by atoms with E-state index in [2.05, 4.69) is 5.32 Å². The van der Waals surface area contributed by atoms with Gasteiger partial charge in [-0.1, -0.05) is 18.2 Å². The number of aryl methyl sites for hydroxylation is 1. The minimum Gasteiger partial charge on any atom is -0.452 e. The molecule has 4 rings (SSSR count). The maximum absolute atomic E-state index is 12.6. The van der Waals surface area contributed by atoms with Crippen molar-refractivity contribution in [1.82, 2.24) is 0 Å². The van der Waals surface area contributed by atoms with E-state index in [1.54, 1.807) is 23.1 Å². The molecule has 0 aromatic heterocycles. The molecule has 2 amide bonds. The fourth-order valence-corrected chi connectivity index (χ4v) is 4.35. The van der Waals surface area contributed by atoms with Crippen molar-refractivity contribution in [3.05, 3.63) is 53.6 Å². The van der Waals surface area contributed by atoms with Crippen molar-refractivity contribution in [3.63, 3.8) is 0 Å². The molecule has 1 unspecified atom stereocenters. The molecule has 144 valence electrons. The van der Waals surface area contributed by atoms with Crippen LogP contribution in [0, 0.1) is 0 Å². The van der Waals surface area contributed by atoms with Crippen molar-refractivity contribution in [1.29, 1.82) is 0 Å². The average Bonchev–Trinajstić information content (AvgIpc) is 2.72. The number of hydrogen-bond donors (Lipinski definition) is 1. The van der Waals surface area contributed by atoms with Gasteiger partial charge >= 0.3 is 5.97 Å². The van der Waals surface area contributed by atoms with E-state index in [0.29, 0.717) is 17.8 Å². The van der Waals surface area contributed by atoms with Gasteiger partial charge in [0.25, 0.3) is 5.91 Å². The maximum atomic E-state index is 12.6. The lowest BCUT2D eigenvalue weighted by Gasteiger charge is -2.29. The number of carbonyl (C=O) groups is 3. The van der Waals surface area contributed by atoms with Crippen LogP contribution in [0.4, 0.5) is 11.4 Å². The molecular formula is C21H20N2O4S. The van der Waals surface area contributed by atoms with Gasteiger partial charge in [0, 0.05) is 17.1 Å². The summed E-state index contributed by atoms with van der Waals surface area (Å²) in [7, 11) is 0. The lowest BCUT2D eigenvalue weighted by molar-refractivity contribution is -0.121. The molecule has 2 aromatic rings. The SMILES string of the molecule is CC1Sc2ccc(C(=O)OCC(=O)N3CCCc4ccccc43)cc2NC1=O. The van der Waals surface area contributed by atoms with Crippen molar-refractivity contribution in [2.75, 3.05) is 23.4 Å². The first-order valence-corrected chi connectivity index (χ1v) is 10.1. The molecule has 1 atom stereocenters. The smallest absolute Gasteiger partial charge is 0.338 e. The maximum Gasteiger partial charge on any atom is 0.338 e. The number of amides is 2. The molecule has 0 bridgehead atoms. The highest BCUT2D eigenvalue weighted by Gasteiger charge is 2.25. The van der Waals surface area contributed by atoms with E-state index in [9.17, 15) is 14.4 Å². The highest BCUT2D eigenvalue weighted by atomic mass is 32.2. The van der Waals surface area contributed by atoms with Crippen LogP contribution in [0.25, 0.3) is 0 Å². The topological polar surface area (TPSA) is 75.7 Å². The predicted molar refractivity (Wildman–Crippen MR) is 108 cm³/mol. The number of thioether (sulfide) groups is 1. The molecule has 6 nitrogen and oxygen atoms in total. The third-order valence-electron chi connectivity index (χ3n) is 4.88. The summed E-state index contributed by atoms with van der Waals surface area (Å²) < 4.78 is 5.25. The van der Waals surface area contributed by atoms with Crippen LogP contribution < -0.4 is 10.2 Å². The predicted octanol–water partition coefficient (Wildman–Crippen LogP) is 3.26. The van der Waals surface area contributed by atoms with Gasteiger partial charge in [-0.25, -0.2) is 4.79 Å². The quantitative estimate of drug-likeness (QED) is 0.806. The summed E-state index contributed by atoms with van der Waals surface area (Å²) in [5.41, 5.74) is 2.92. The molecular weight excluding hydrogens is 376 g/mol. The monoisotopic (exact) mass is 396 g/mol. The molecule has 0 saturated carbocycles. The summed E-state index contributed by atoms with van der Waals surface area (Å²) in [5, 5.41) is 2.62. The van der Waals surface area contributed by atoms with Gasteiger partial charge in [0.2, 0.25) is 5.91 Å². The van der Waals surface area contributed by atoms with Crippen molar-refractivity contribution in [3.8, 4) is 0 Å². The van der Waals surface area contributed by atoms with Gasteiger partial charge in [-0.2, -0.15) is 0 Å². The summed E-state index contributed by atoms with van der Waals surface area (Å²) in [6.45, 7) is 2.13. The zero-order valence-corrected chi connectivity index (χ0v) is 16.3. The van der Waals surface area contributed by atoms with Crippen molar-refractivity contribution in [2.45, 2.75) is 29.9 Å². The Bertz CT molecular complexity index is 959. The fraction of sp³-hybridized carbons (Fsp3) is 0.286. The van der Waals surface area contributed by atoms with Crippen LogP contribution >= 0.6 is 11.8 Å². The number of esters is 1.